The standard InChI is InChI=1S/C22H24N4O2S/c1-28-19-10-6-5-9-18(19)13-23-20(27)15-29-22-25-24-21(17-11-12-17)26(22)14-16-7-3-2-4-8-16/h2-10,17H,11-15H2,1H3,(H,23,27). The van der Waals surface area contributed by atoms with E-state index in [2.05, 4.69) is 32.2 Å². The molecule has 2 aromatic carbocycles. The number of para-hydroxylation sites is 1. The number of aromatic nitrogens is 3. The molecule has 6 nitrogen and oxygen atoms in total. The maximum absolute atomic E-state index is 12.4. The van der Waals surface area contributed by atoms with Gasteiger partial charge in [0.2, 0.25) is 5.91 Å². The van der Waals surface area contributed by atoms with Gasteiger partial charge in [0.05, 0.1) is 19.4 Å². The molecule has 1 aromatic heterocycles. The average molecular weight is 409 g/mol. The summed E-state index contributed by atoms with van der Waals surface area (Å²) >= 11 is 1.43. The molecule has 29 heavy (non-hydrogen) atoms. The van der Waals surface area contributed by atoms with Crippen LogP contribution >= 0.6 is 11.8 Å². The fraction of sp³-hybridized carbons (Fsp3) is 0.318. The Kier molecular flexibility index (Phi) is 6.14. The van der Waals surface area contributed by atoms with Crippen molar-refractivity contribution in [3.8, 4) is 5.75 Å². The minimum atomic E-state index is -0.0388. The molecule has 3 aromatic rings. The molecule has 4 rings (SSSR count). The van der Waals surface area contributed by atoms with Crippen LogP contribution in [0.2, 0.25) is 0 Å². The molecule has 1 aliphatic rings. The van der Waals surface area contributed by atoms with Crippen LogP contribution in [0.15, 0.2) is 59.8 Å². The van der Waals surface area contributed by atoms with E-state index in [9.17, 15) is 4.79 Å². The number of methoxy groups -OCH3 is 1. The van der Waals surface area contributed by atoms with Gasteiger partial charge in [-0.05, 0) is 24.5 Å². The van der Waals surface area contributed by atoms with Gasteiger partial charge < -0.3 is 14.6 Å². The molecule has 0 bridgehead atoms. The second-order valence-corrected chi connectivity index (χ2v) is 8.01. The van der Waals surface area contributed by atoms with Crippen molar-refractivity contribution in [3.63, 3.8) is 0 Å². The fourth-order valence-corrected chi connectivity index (χ4v) is 3.96. The molecule has 0 radical (unpaired) electrons. The number of hydrogen-bond donors (Lipinski definition) is 1. The predicted molar refractivity (Wildman–Crippen MR) is 113 cm³/mol. The third-order valence-electron chi connectivity index (χ3n) is 4.87. The third kappa shape index (κ3) is 4.98. The lowest BCUT2D eigenvalue weighted by Gasteiger charge is -2.11. The van der Waals surface area contributed by atoms with Gasteiger partial charge in [0.15, 0.2) is 5.16 Å². The smallest absolute Gasteiger partial charge is 0.230 e. The average Bonchev–Trinajstić information content (AvgIpc) is 3.53. The fourth-order valence-electron chi connectivity index (χ4n) is 3.19. The Labute approximate surface area is 174 Å². The topological polar surface area (TPSA) is 69.0 Å². The highest BCUT2D eigenvalue weighted by molar-refractivity contribution is 7.99. The van der Waals surface area contributed by atoms with Gasteiger partial charge in [-0.25, -0.2) is 0 Å². The van der Waals surface area contributed by atoms with E-state index in [1.165, 1.54) is 17.3 Å². The third-order valence-corrected chi connectivity index (χ3v) is 5.84. The number of hydrogen-bond acceptors (Lipinski definition) is 5. The zero-order valence-electron chi connectivity index (χ0n) is 16.4. The van der Waals surface area contributed by atoms with E-state index >= 15 is 0 Å². The molecule has 0 unspecified atom stereocenters. The highest BCUT2D eigenvalue weighted by Gasteiger charge is 2.30. The van der Waals surface area contributed by atoms with Crippen molar-refractivity contribution >= 4 is 17.7 Å². The number of nitrogens with zero attached hydrogens (tertiary/aromatic N) is 3. The van der Waals surface area contributed by atoms with Gasteiger partial charge >= 0.3 is 0 Å². The summed E-state index contributed by atoms with van der Waals surface area (Å²) in [5.74, 6) is 2.57. The molecule has 0 aliphatic heterocycles. The zero-order chi connectivity index (χ0) is 20.1. The predicted octanol–water partition coefficient (Wildman–Crippen LogP) is 3.62. The Balaban J connectivity index is 1.38. The number of thioether (sulfide) groups is 1. The normalized spacial score (nSPS) is 13.3. The number of carbonyl (C=O) groups excluding carboxylic acids is 1. The molecule has 1 saturated carbocycles. The van der Waals surface area contributed by atoms with Crippen molar-refractivity contribution < 1.29 is 9.53 Å². The first-order chi connectivity index (χ1) is 14.2. The van der Waals surface area contributed by atoms with Gasteiger partial charge in [0.25, 0.3) is 0 Å². The van der Waals surface area contributed by atoms with Crippen molar-refractivity contribution in [1.82, 2.24) is 20.1 Å². The van der Waals surface area contributed by atoms with Crippen LogP contribution in [0, 0.1) is 0 Å². The highest BCUT2D eigenvalue weighted by atomic mass is 32.2. The van der Waals surface area contributed by atoms with E-state index in [0.29, 0.717) is 18.2 Å². The molecule has 1 aliphatic carbocycles. The number of rotatable bonds is 9. The van der Waals surface area contributed by atoms with Crippen molar-refractivity contribution in [2.24, 2.45) is 0 Å². The summed E-state index contributed by atoms with van der Waals surface area (Å²) in [6.45, 7) is 1.16. The number of amides is 1. The number of carbonyl (C=O) groups is 1. The van der Waals surface area contributed by atoms with Crippen LogP contribution in [0.25, 0.3) is 0 Å². The van der Waals surface area contributed by atoms with Gasteiger partial charge in [0.1, 0.15) is 11.6 Å². The molecule has 150 valence electrons. The van der Waals surface area contributed by atoms with Crippen LogP contribution < -0.4 is 10.1 Å². The highest BCUT2D eigenvalue weighted by Crippen LogP contribution is 2.40. The summed E-state index contributed by atoms with van der Waals surface area (Å²) in [6, 6.07) is 18.0. The van der Waals surface area contributed by atoms with Gasteiger partial charge in [-0.3, -0.25) is 4.79 Å². The molecule has 0 atom stereocenters. The zero-order valence-corrected chi connectivity index (χ0v) is 17.2. The van der Waals surface area contributed by atoms with E-state index in [-0.39, 0.29) is 5.91 Å². The largest absolute Gasteiger partial charge is 0.496 e. The van der Waals surface area contributed by atoms with Crippen LogP contribution in [0.4, 0.5) is 0 Å². The van der Waals surface area contributed by atoms with Crippen molar-refractivity contribution in [2.45, 2.75) is 37.0 Å². The molecule has 7 heteroatoms. The SMILES string of the molecule is COc1ccccc1CNC(=O)CSc1nnc(C2CC2)n1Cc1ccccc1. The molecule has 1 amide bonds. The maximum Gasteiger partial charge on any atom is 0.230 e. The van der Waals surface area contributed by atoms with Crippen molar-refractivity contribution in [3.05, 3.63) is 71.5 Å². The Hall–Kier alpha value is -2.80. The molecule has 1 heterocycles. The second-order valence-electron chi connectivity index (χ2n) is 7.06. The van der Waals surface area contributed by atoms with Crippen LogP contribution in [0.1, 0.15) is 35.7 Å². The van der Waals surface area contributed by atoms with Gasteiger partial charge in [-0.15, -0.1) is 10.2 Å². The van der Waals surface area contributed by atoms with E-state index in [1.807, 2.05) is 42.5 Å². The lowest BCUT2D eigenvalue weighted by Crippen LogP contribution is -2.25. The monoisotopic (exact) mass is 408 g/mol. The van der Waals surface area contributed by atoms with E-state index in [1.54, 1.807) is 7.11 Å². The Morgan fingerprint density at radius 2 is 1.90 bits per heavy atom. The summed E-state index contributed by atoms with van der Waals surface area (Å²) in [6.07, 6.45) is 2.33. The summed E-state index contributed by atoms with van der Waals surface area (Å²) < 4.78 is 7.49. The molecular formula is C22H24N4O2S. The first kappa shape index (κ1) is 19.5. The lowest BCUT2D eigenvalue weighted by molar-refractivity contribution is -0.118. The van der Waals surface area contributed by atoms with Gasteiger partial charge in [-0.1, -0.05) is 60.3 Å². The molecule has 1 N–H and O–H groups in total. The summed E-state index contributed by atoms with van der Waals surface area (Å²) in [7, 11) is 1.63. The Morgan fingerprint density at radius 1 is 1.14 bits per heavy atom. The summed E-state index contributed by atoms with van der Waals surface area (Å²) in [5.41, 5.74) is 2.16. The van der Waals surface area contributed by atoms with Crippen LogP contribution in [-0.2, 0) is 17.9 Å². The van der Waals surface area contributed by atoms with Crippen LogP contribution in [0.3, 0.4) is 0 Å². The quantitative estimate of drug-likeness (QED) is 0.548. The molecule has 0 spiro atoms. The molecule has 1 fully saturated rings. The van der Waals surface area contributed by atoms with Crippen LogP contribution in [0.5, 0.6) is 5.75 Å². The van der Waals surface area contributed by atoms with Crippen LogP contribution in [-0.4, -0.2) is 33.5 Å². The summed E-state index contributed by atoms with van der Waals surface area (Å²) in [4.78, 5) is 12.4. The van der Waals surface area contributed by atoms with E-state index in [0.717, 1.165) is 41.7 Å². The number of ether oxygens (including phenoxy) is 1. The number of benzene rings is 2. The maximum atomic E-state index is 12.4. The minimum Gasteiger partial charge on any atom is -0.496 e. The Bertz CT molecular complexity index is 970. The first-order valence-corrected chi connectivity index (χ1v) is 10.7. The first-order valence-electron chi connectivity index (χ1n) is 9.73. The van der Waals surface area contributed by atoms with Crippen molar-refractivity contribution in [1.29, 1.82) is 0 Å². The van der Waals surface area contributed by atoms with Gasteiger partial charge in [-0.2, -0.15) is 0 Å². The van der Waals surface area contributed by atoms with Crippen molar-refractivity contribution in [2.75, 3.05) is 12.9 Å². The molecule has 0 saturated heterocycles. The summed E-state index contributed by atoms with van der Waals surface area (Å²) in [5, 5.41) is 12.5. The molecular weight excluding hydrogens is 384 g/mol. The van der Waals surface area contributed by atoms with Gasteiger partial charge in [0, 0.05) is 18.0 Å². The van der Waals surface area contributed by atoms with E-state index in [4.69, 9.17) is 4.74 Å². The number of nitrogens with one attached hydrogen (secondary N) is 1. The van der Waals surface area contributed by atoms with E-state index < -0.39 is 0 Å². The Morgan fingerprint density at radius 3 is 2.66 bits per heavy atom. The second kappa shape index (κ2) is 9.13. The minimum absolute atomic E-state index is 0.0388. The lowest BCUT2D eigenvalue weighted by atomic mass is 10.2.